The van der Waals surface area contributed by atoms with Crippen LogP contribution in [0.3, 0.4) is 0 Å². The van der Waals surface area contributed by atoms with Gasteiger partial charge in [-0.2, -0.15) is 0 Å². The van der Waals surface area contributed by atoms with Crippen LogP contribution < -0.4 is 10.6 Å². The first-order chi connectivity index (χ1) is 11.7. The number of carbonyl (C=O) groups excluding carboxylic acids is 1. The molecular formula is C19H19N3OS. The molecule has 0 radical (unpaired) electrons. The summed E-state index contributed by atoms with van der Waals surface area (Å²) in [5.74, 6) is -0.109. The normalized spacial score (nSPS) is 10.4. The average Bonchev–Trinajstić information content (AvgIpc) is 3.10. The van der Waals surface area contributed by atoms with Crippen molar-refractivity contribution in [1.82, 2.24) is 4.98 Å². The largest absolute Gasteiger partial charge is 0.332 e. The second kappa shape index (κ2) is 7.27. The molecule has 1 amide bonds. The number of aromatic nitrogens is 1. The van der Waals surface area contributed by atoms with Gasteiger partial charge in [-0.25, -0.2) is 4.98 Å². The third kappa shape index (κ3) is 3.63. The zero-order valence-corrected chi connectivity index (χ0v) is 14.5. The van der Waals surface area contributed by atoms with Crippen molar-refractivity contribution in [2.75, 3.05) is 10.6 Å². The van der Waals surface area contributed by atoms with Gasteiger partial charge in [0.2, 0.25) is 0 Å². The lowest BCUT2D eigenvalue weighted by molar-refractivity contribution is 0.102. The molecule has 2 N–H and O–H groups in total. The molecule has 0 atom stereocenters. The van der Waals surface area contributed by atoms with E-state index in [2.05, 4.69) is 22.5 Å². The molecule has 24 heavy (non-hydrogen) atoms. The smallest absolute Gasteiger partial charge is 0.255 e. The number of aryl methyl sites for hydroxylation is 2. The van der Waals surface area contributed by atoms with E-state index in [1.54, 1.807) is 6.20 Å². The molecule has 0 aliphatic heterocycles. The number of amides is 1. The molecule has 1 heterocycles. The number of anilines is 3. The topological polar surface area (TPSA) is 54.0 Å². The number of carbonyl (C=O) groups is 1. The van der Waals surface area contributed by atoms with Crippen molar-refractivity contribution in [3.63, 3.8) is 0 Å². The number of rotatable bonds is 5. The van der Waals surface area contributed by atoms with Gasteiger partial charge in [-0.3, -0.25) is 4.79 Å². The molecule has 4 nitrogen and oxygen atoms in total. The van der Waals surface area contributed by atoms with Gasteiger partial charge in [-0.15, -0.1) is 11.3 Å². The molecule has 0 bridgehead atoms. The lowest BCUT2D eigenvalue weighted by Gasteiger charge is -2.13. The lowest BCUT2D eigenvalue weighted by Crippen LogP contribution is -2.14. The van der Waals surface area contributed by atoms with Crippen LogP contribution in [0.15, 0.2) is 54.0 Å². The van der Waals surface area contributed by atoms with Gasteiger partial charge in [0.05, 0.1) is 0 Å². The minimum atomic E-state index is -0.109. The fourth-order valence-corrected chi connectivity index (χ4v) is 3.08. The van der Waals surface area contributed by atoms with Gasteiger partial charge < -0.3 is 10.6 Å². The Labute approximate surface area is 145 Å². The highest BCUT2D eigenvalue weighted by Crippen LogP contribution is 2.23. The Balaban J connectivity index is 1.81. The van der Waals surface area contributed by atoms with Crippen LogP contribution in [-0.4, -0.2) is 10.9 Å². The van der Waals surface area contributed by atoms with Gasteiger partial charge in [0.15, 0.2) is 5.13 Å². The van der Waals surface area contributed by atoms with Crippen LogP contribution in [0.2, 0.25) is 0 Å². The van der Waals surface area contributed by atoms with E-state index in [1.807, 2.05) is 54.8 Å². The Bertz CT molecular complexity index is 844. The number of para-hydroxylation sites is 1. The van der Waals surface area contributed by atoms with Gasteiger partial charge in [0.25, 0.3) is 5.91 Å². The van der Waals surface area contributed by atoms with Crippen LogP contribution in [0.4, 0.5) is 16.5 Å². The first-order valence-electron chi connectivity index (χ1n) is 7.84. The highest BCUT2D eigenvalue weighted by atomic mass is 32.1. The summed E-state index contributed by atoms with van der Waals surface area (Å²) in [6.45, 7) is 4.10. The van der Waals surface area contributed by atoms with Gasteiger partial charge in [-0.1, -0.05) is 31.2 Å². The van der Waals surface area contributed by atoms with Crippen molar-refractivity contribution in [2.45, 2.75) is 20.3 Å². The molecule has 3 aromatic rings. The second-order valence-corrected chi connectivity index (χ2v) is 6.35. The number of nitrogens with one attached hydrogen (secondary N) is 2. The molecule has 122 valence electrons. The Morgan fingerprint density at radius 3 is 2.79 bits per heavy atom. The number of benzene rings is 2. The summed E-state index contributed by atoms with van der Waals surface area (Å²) in [6.07, 6.45) is 2.62. The maximum absolute atomic E-state index is 12.6. The SMILES string of the molecule is CCc1cccc(C)c1NC(=O)c1cccc(Nc2nccs2)c1. The second-order valence-electron chi connectivity index (χ2n) is 5.46. The zero-order valence-electron chi connectivity index (χ0n) is 13.7. The molecule has 0 aliphatic rings. The fraction of sp³-hybridized carbons (Fsp3) is 0.158. The van der Waals surface area contributed by atoms with E-state index in [0.717, 1.165) is 34.1 Å². The summed E-state index contributed by atoms with van der Waals surface area (Å²) in [4.78, 5) is 16.8. The van der Waals surface area contributed by atoms with E-state index in [4.69, 9.17) is 0 Å². The van der Waals surface area contributed by atoms with Crippen molar-refractivity contribution in [1.29, 1.82) is 0 Å². The molecule has 0 saturated carbocycles. The molecule has 2 aromatic carbocycles. The quantitative estimate of drug-likeness (QED) is 0.688. The monoisotopic (exact) mass is 337 g/mol. The van der Waals surface area contributed by atoms with Gasteiger partial charge in [0, 0.05) is 28.5 Å². The summed E-state index contributed by atoms with van der Waals surface area (Å²) in [7, 11) is 0. The number of hydrogen-bond donors (Lipinski definition) is 2. The Kier molecular flexibility index (Phi) is 4.91. The van der Waals surface area contributed by atoms with E-state index in [1.165, 1.54) is 11.3 Å². The summed E-state index contributed by atoms with van der Waals surface area (Å²) < 4.78 is 0. The zero-order chi connectivity index (χ0) is 16.9. The maximum Gasteiger partial charge on any atom is 0.255 e. The van der Waals surface area contributed by atoms with Crippen LogP contribution in [0, 0.1) is 6.92 Å². The van der Waals surface area contributed by atoms with E-state index < -0.39 is 0 Å². The van der Waals surface area contributed by atoms with Gasteiger partial charge in [-0.05, 0) is 42.7 Å². The molecule has 5 heteroatoms. The van der Waals surface area contributed by atoms with Crippen LogP contribution in [-0.2, 0) is 6.42 Å². The van der Waals surface area contributed by atoms with E-state index in [0.29, 0.717) is 5.56 Å². The van der Waals surface area contributed by atoms with Crippen molar-refractivity contribution in [2.24, 2.45) is 0 Å². The Hall–Kier alpha value is -2.66. The average molecular weight is 337 g/mol. The van der Waals surface area contributed by atoms with E-state index in [-0.39, 0.29) is 5.91 Å². The first kappa shape index (κ1) is 16.2. The molecule has 0 aliphatic carbocycles. The molecular weight excluding hydrogens is 318 g/mol. The third-order valence-corrected chi connectivity index (χ3v) is 4.48. The number of hydrogen-bond acceptors (Lipinski definition) is 4. The maximum atomic E-state index is 12.6. The molecule has 3 rings (SSSR count). The van der Waals surface area contributed by atoms with Crippen molar-refractivity contribution < 1.29 is 4.79 Å². The summed E-state index contributed by atoms with van der Waals surface area (Å²) in [6, 6.07) is 13.5. The van der Waals surface area contributed by atoms with Crippen molar-refractivity contribution in [3.05, 3.63) is 70.7 Å². The Morgan fingerprint density at radius 1 is 1.21 bits per heavy atom. The lowest BCUT2D eigenvalue weighted by atomic mass is 10.1. The fourth-order valence-electron chi connectivity index (χ4n) is 2.53. The van der Waals surface area contributed by atoms with Gasteiger partial charge >= 0.3 is 0 Å². The summed E-state index contributed by atoms with van der Waals surface area (Å²) in [5, 5.41) is 8.97. The molecule has 0 spiro atoms. The van der Waals surface area contributed by atoms with Crippen LogP contribution >= 0.6 is 11.3 Å². The number of thiazole rings is 1. The molecule has 0 unspecified atom stereocenters. The van der Waals surface area contributed by atoms with E-state index in [9.17, 15) is 4.79 Å². The standard InChI is InChI=1S/C19H19N3OS/c1-3-14-7-4-6-13(2)17(14)22-18(23)15-8-5-9-16(12-15)21-19-20-10-11-24-19/h4-12H,3H2,1-2H3,(H,20,21)(H,22,23). The predicted molar refractivity (Wildman–Crippen MR) is 100 cm³/mol. The van der Waals surface area contributed by atoms with Crippen molar-refractivity contribution in [3.8, 4) is 0 Å². The molecule has 1 aromatic heterocycles. The summed E-state index contributed by atoms with van der Waals surface area (Å²) >= 11 is 1.52. The summed E-state index contributed by atoms with van der Waals surface area (Å²) in [5.41, 5.74) is 4.57. The van der Waals surface area contributed by atoms with Crippen LogP contribution in [0.1, 0.15) is 28.4 Å². The van der Waals surface area contributed by atoms with Crippen LogP contribution in [0.25, 0.3) is 0 Å². The van der Waals surface area contributed by atoms with Crippen LogP contribution in [0.5, 0.6) is 0 Å². The molecule has 0 saturated heterocycles. The number of nitrogens with zero attached hydrogens (tertiary/aromatic N) is 1. The van der Waals surface area contributed by atoms with Gasteiger partial charge in [0.1, 0.15) is 0 Å². The minimum Gasteiger partial charge on any atom is -0.332 e. The third-order valence-electron chi connectivity index (χ3n) is 3.79. The van der Waals surface area contributed by atoms with E-state index >= 15 is 0 Å². The van der Waals surface area contributed by atoms with Crippen molar-refractivity contribution >= 4 is 33.8 Å². The Morgan fingerprint density at radius 2 is 2.04 bits per heavy atom. The highest BCUT2D eigenvalue weighted by Gasteiger charge is 2.11. The molecule has 0 fully saturated rings. The first-order valence-corrected chi connectivity index (χ1v) is 8.71. The minimum absolute atomic E-state index is 0.109. The highest BCUT2D eigenvalue weighted by molar-refractivity contribution is 7.13. The predicted octanol–water partition coefficient (Wildman–Crippen LogP) is 5.01.